The normalized spacial score (nSPS) is 15.4. The number of benzene rings is 1. The summed E-state index contributed by atoms with van der Waals surface area (Å²) in [6, 6.07) is 5.43. The maximum Gasteiger partial charge on any atom is 0.573 e. The fourth-order valence-electron chi connectivity index (χ4n) is 1.96. The topological polar surface area (TPSA) is 33.7 Å². The molecule has 0 aromatic heterocycles. The van der Waals surface area contributed by atoms with Crippen LogP contribution >= 0.6 is 24.8 Å². The highest BCUT2D eigenvalue weighted by Crippen LogP contribution is 2.24. The zero-order valence-corrected chi connectivity index (χ0v) is 13.4. The van der Waals surface area contributed by atoms with E-state index in [1.54, 1.807) is 0 Å². The average Bonchev–Trinajstić information content (AvgIpc) is 2.40. The molecule has 1 N–H and O–H groups in total. The van der Waals surface area contributed by atoms with Crippen LogP contribution in [0.15, 0.2) is 24.3 Å². The van der Waals surface area contributed by atoms with Gasteiger partial charge < -0.3 is 14.8 Å². The van der Waals surface area contributed by atoms with Crippen molar-refractivity contribution in [2.45, 2.75) is 6.36 Å². The molecule has 1 heterocycles. The molecule has 1 saturated heterocycles. The second-order valence-electron chi connectivity index (χ2n) is 4.46. The van der Waals surface area contributed by atoms with Crippen LogP contribution in [0.3, 0.4) is 0 Å². The Morgan fingerprint density at radius 3 is 2.09 bits per heavy atom. The summed E-state index contributed by atoms with van der Waals surface area (Å²) in [5, 5.41) is 3.26. The molecular weight excluding hydrogens is 344 g/mol. The van der Waals surface area contributed by atoms with Crippen LogP contribution in [0.1, 0.15) is 0 Å². The van der Waals surface area contributed by atoms with Crippen molar-refractivity contribution in [3.8, 4) is 11.5 Å². The predicted molar refractivity (Wildman–Crippen MR) is 82.4 cm³/mol. The van der Waals surface area contributed by atoms with Crippen LogP contribution in [-0.2, 0) is 0 Å². The number of nitrogens with one attached hydrogen (secondary N) is 1. The number of alkyl halides is 3. The highest BCUT2D eigenvalue weighted by atomic mass is 35.5. The highest BCUT2D eigenvalue weighted by Gasteiger charge is 2.30. The molecule has 0 amide bonds. The van der Waals surface area contributed by atoms with Crippen LogP contribution < -0.4 is 14.8 Å². The van der Waals surface area contributed by atoms with Crippen LogP contribution in [0.25, 0.3) is 0 Å². The number of hydrogen-bond donors (Lipinski definition) is 1. The first-order chi connectivity index (χ1) is 9.53. The Labute approximate surface area is 139 Å². The summed E-state index contributed by atoms with van der Waals surface area (Å²) in [5.41, 5.74) is 0. The van der Waals surface area contributed by atoms with Crippen LogP contribution in [0.4, 0.5) is 13.2 Å². The maximum atomic E-state index is 12.0. The van der Waals surface area contributed by atoms with Gasteiger partial charge in [0.05, 0.1) is 0 Å². The molecule has 1 aliphatic rings. The molecule has 9 heteroatoms. The zero-order chi connectivity index (χ0) is 14.4. The Balaban J connectivity index is 0.00000220. The van der Waals surface area contributed by atoms with E-state index >= 15 is 0 Å². The minimum Gasteiger partial charge on any atom is -0.492 e. The number of rotatable bonds is 5. The molecule has 1 aliphatic heterocycles. The molecule has 0 aliphatic carbocycles. The minimum absolute atomic E-state index is 0. The summed E-state index contributed by atoms with van der Waals surface area (Å²) in [5.74, 6) is 0.293. The smallest absolute Gasteiger partial charge is 0.492 e. The van der Waals surface area contributed by atoms with E-state index in [2.05, 4.69) is 15.0 Å². The van der Waals surface area contributed by atoms with Crippen molar-refractivity contribution in [2.75, 3.05) is 39.3 Å². The lowest BCUT2D eigenvalue weighted by Gasteiger charge is -2.26. The minimum atomic E-state index is -4.66. The molecule has 4 nitrogen and oxygen atoms in total. The van der Waals surface area contributed by atoms with Crippen molar-refractivity contribution < 1.29 is 22.6 Å². The molecule has 0 radical (unpaired) electrons. The molecule has 1 aromatic rings. The molecular formula is C13H19Cl2F3N2O2. The number of halogens is 5. The molecule has 1 fully saturated rings. The maximum absolute atomic E-state index is 12.0. The Hall–Kier alpha value is -0.890. The number of nitrogens with zero attached hydrogens (tertiary/aromatic N) is 1. The van der Waals surface area contributed by atoms with Crippen molar-refractivity contribution in [1.29, 1.82) is 0 Å². The molecule has 128 valence electrons. The van der Waals surface area contributed by atoms with Gasteiger partial charge in [0.2, 0.25) is 0 Å². The van der Waals surface area contributed by atoms with Gasteiger partial charge in [-0.3, -0.25) is 4.90 Å². The van der Waals surface area contributed by atoms with Crippen molar-refractivity contribution in [1.82, 2.24) is 10.2 Å². The second kappa shape index (κ2) is 9.99. The van der Waals surface area contributed by atoms with Gasteiger partial charge in [-0.2, -0.15) is 0 Å². The summed E-state index contributed by atoms with van der Waals surface area (Å²) in [6.07, 6.45) is -4.66. The van der Waals surface area contributed by atoms with E-state index in [9.17, 15) is 13.2 Å². The molecule has 2 rings (SSSR count). The molecule has 0 saturated carbocycles. The van der Waals surface area contributed by atoms with Crippen molar-refractivity contribution in [3.05, 3.63) is 24.3 Å². The summed E-state index contributed by atoms with van der Waals surface area (Å²) >= 11 is 0. The molecule has 1 aromatic carbocycles. The van der Waals surface area contributed by atoms with Crippen LogP contribution in [0.5, 0.6) is 11.5 Å². The van der Waals surface area contributed by atoms with Gasteiger partial charge in [0.1, 0.15) is 18.1 Å². The SMILES string of the molecule is Cl.Cl.FC(F)(F)Oc1ccc(OCCN2CCNCC2)cc1. The third-order valence-corrected chi connectivity index (χ3v) is 2.94. The Morgan fingerprint density at radius 1 is 1.00 bits per heavy atom. The largest absolute Gasteiger partial charge is 0.573 e. The van der Waals surface area contributed by atoms with Gasteiger partial charge in [0.15, 0.2) is 0 Å². The Morgan fingerprint density at radius 2 is 1.55 bits per heavy atom. The van der Waals surface area contributed by atoms with E-state index in [1.165, 1.54) is 24.3 Å². The monoisotopic (exact) mass is 362 g/mol. The van der Waals surface area contributed by atoms with Crippen molar-refractivity contribution >= 4 is 24.8 Å². The average molecular weight is 363 g/mol. The summed E-state index contributed by atoms with van der Waals surface area (Å²) in [6.45, 7) is 5.25. The van der Waals surface area contributed by atoms with Crippen LogP contribution in [0, 0.1) is 0 Å². The molecule has 0 bridgehead atoms. The van der Waals surface area contributed by atoms with Crippen molar-refractivity contribution in [2.24, 2.45) is 0 Å². The standard InChI is InChI=1S/C13H17F3N2O2.2ClH/c14-13(15,16)20-12-3-1-11(2-4-12)19-10-9-18-7-5-17-6-8-18;;/h1-4,17H,5-10H2;2*1H. The molecule has 22 heavy (non-hydrogen) atoms. The van der Waals surface area contributed by atoms with Gasteiger partial charge in [0.25, 0.3) is 0 Å². The number of piperazine rings is 1. The first-order valence-corrected chi connectivity index (χ1v) is 6.45. The molecule has 0 unspecified atom stereocenters. The van der Waals surface area contributed by atoms with Crippen molar-refractivity contribution in [3.63, 3.8) is 0 Å². The first kappa shape index (κ1) is 21.1. The second-order valence-corrected chi connectivity index (χ2v) is 4.46. The fourth-order valence-corrected chi connectivity index (χ4v) is 1.96. The number of hydrogen-bond acceptors (Lipinski definition) is 4. The van der Waals surface area contributed by atoms with Gasteiger partial charge in [-0.15, -0.1) is 38.0 Å². The van der Waals surface area contributed by atoms with E-state index in [0.717, 1.165) is 32.7 Å². The lowest BCUT2D eigenvalue weighted by atomic mass is 10.3. The lowest BCUT2D eigenvalue weighted by Crippen LogP contribution is -2.44. The van der Waals surface area contributed by atoms with Crippen LogP contribution in [0.2, 0.25) is 0 Å². The van der Waals surface area contributed by atoms with E-state index in [4.69, 9.17) is 4.74 Å². The zero-order valence-electron chi connectivity index (χ0n) is 11.8. The van der Waals surface area contributed by atoms with Gasteiger partial charge in [-0.05, 0) is 24.3 Å². The number of ether oxygens (including phenoxy) is 2. The molecule has 0 atom stereocenters. The lowest BCUT2D eigenvalue weighted by molar-refractivity contribution is -0.274. The first-order valence-electron chi connectivity index (χ1n) is 6.45. The van der Waals surface area contributed by atoms with Gasteiger partial charge in [-0.1, -0.05) is 0 Å². The third kappa shape index (κ3) is 7.93. The van der Waals surface area contributed by atoms with Gasteiger partial charge in [0, 0.05) is 32.7 Å². The van der Waals surface area contributed by atoms with E-state index < -0.39 is 6.36 Å². The highest BCUT2D eigenvalue weighted by molar-refractivity contribution is 5.85. The fraction of sp³-hybridized carbons (Fsp3) is 0.538. The summed E-state index contributed by atoms with van der Waals surface area (Å²) < 4.78 is 45.2. The van der Waals surface area contributed by atoms with Gasteiger partial charge >= 0.3 is 6.36 Å². The molecule has 0 spiro atoms. The van der Waals surface area contributed by atoms with E-state index in [0.29, 0.717) is 12.4 Å². The van der Waals surface area contributed by atoms with E-state index in [-0.39, 0.29) is 30.6 Å². The summed E-state index contributed by atoms with van der Waals surface area (Å²) in [4.78, 5) is 2.28. The predicted octanol–water partition coefficient (Wildman–Crippen LogP) is 2.71. The third-order valence-electron chi connectivity index (χ3n) is 2.94. The Bertz CT molecular complexity index is 413. The summed E-state index contributed by atoms with van der Waals surface area (Å²) in [7, 11) is 0. The Kier molecular flexibility index (Phi) is 9.59. The van der Waals surface area contributed by atoms with Gasteiger partial charge in [-0.25, -0.2) is 0 Å². The quantitative estimate of drug-likeness (QED) is 0.873. The van der Waals surface area contributed by atoms with Crippen LogP contribution in [-0.4, -0.2) is 50.6 Å². The van der Waals surface area contributed by atoms with E-state index in [1.807, 2.05) is 0 Å².